The van der Waals surface area contributed by atoms with Crippen LogP contribution in [0.25, 0.3) is 0 Å². The molecule has 0 aliphatic heterocycles. The molecule has 7 nitrogen and oxygen atoms in total. The Morgan fingerprint density at radius 2 is 2.10 bits per heavy atom. The topological polar surface area (TPSA) is 90.1 Å². The van der Waals surface area contributed by atoms with Crippen molar-refractivity contribution in [2.24, 2.45) is 7.05 Å². The van der Waals surface area contributed by atoms with E-state index >= 15 is 0 Å². The summed E-state index contributed by atoms with van der Waals surface area (Å²) >= 11 is 11.8. The van der Waals surface area contributed by atoms with Crippen molar-refractivity contribution in [3.63, 3.8) is 0 Å². The Labute approximate surface area is 129 Å². The Kier molecular flexibility index (Phi) is 4.15. The van der Waals surface area contributed by atoms with Crippen LogP contribution in [-0.2, 0) is 7.05 Å². The van der Waals surface area contributed by atoms with Crippen molar-refractivity contribution >= 4 is 40.5 Å². The van der Waals surface area contributed by atoms with E-state index < -0.39 is 10.8 Å². The Balaban J connectivity index is 2.39. The number of aromatic nitrogens is 2. The van der Waals surface area contributed by atoms with Crippen LogP contribution in [0.15, 0.2) is 18.3 Å². The number of aryl methyl sites for hydroxylation is 2. The number of nitro groups is 1. The van der Waals surface area contributed by atoms with Gasteiger partial charge < -0.3 is 5.32 Å². The predicted octanol–water partition coefficient (Wildman–Crippen LogP) is 3.20. The summed E-state index contributed by atoms with van der Waals surface area (Å²) in [6, 6.07) is 2.17. The van der Waals surface area contributed by atoms with Crippen LogP contribution in [0.1, 0.15) is 16.1 Å². The third-order valence-electron chi connectivity index (χ3n) is 2.73. The lowest BCUT2D eigenvalue weighted by Gasteiger charge is -2.07. The first-order valence-electron chi connectivity index (χ1n) is 5.74. The Hall–Kier alpha value is -2.12. The molecule has 1 N–H and O–H groups in total. The minimum atomic E-state index is -0.645. The largest absolute Gasteiger partial charge is 0.319 e. The Bertz CT molecular complexity index is 742. The molecular formula is C12H10Cl2N4O3. The molecule has 21 heavy (non-hydrogen) atoms. The number of nitrogens with zero attached hydrogens (tertiary/aromatic N) is 3. The maximum Gasteiger partial charge on any atom is 0.271 e. The molecule has 0 spiro atoms. The third-order valence-corrected chi connectivity index (χ3v) is 3.53. The summed E-state index contributed by atoms with van der Waals surface area (Å²) < 4.78 is 1.53. The molecule has 0 unspecified atom stereocenters. The number of hydrogen-bond acceptors (Lipinski definition) is 4. The lowest BCUT2D eigenvalue weighted by molar-refractivity contribution is -0.384. The van der Waals surface area contributed by atoms with E-state index in [4.69, 9.17) is 23.2 Å². The fourth-order valence-electron chi connectivity index (χ4n) is 1.76. The van der Waals surface area contributed by atoms with Gasteiger partial charge in [-0.25, -0.2) is 0 Å². The van der Waals surface area contributed by atoms with Crippen molar-refractivity contribution < 1.29 is 9.72 Å². The van der Waals surface area contributed by atoms with Gasteiger partial charge in [-0.05, 0) is 6.92 Å². The highest BCUT2D eigenvalue weighted by Gasteiger charge is 2.20. The molecule has 0 saturated heterocycles. The Morgan fingerprint density at radius 1 is 1.43 bits per heavy atom. The average molecular weight is 329 g/mol. The summed E-state index contributed by atoms with van der Waals surface area (Å²) in [7, 11) is 1.71. The van der Waals surface area contributed by atoms with E-state index in [-0.39, 0.29) is 21.3 Å². The van der Waals surface area contributed by atoms with Crippen molar-refractivity contribution in [3.05, 3.63) is 49.7 Å². The van der Waals surface area contributed by atoms with Crippen molar-refractivity contribution in [2.45, 2.75) is 6.92 Å². The van der Waals surface area contributed by atoms with E-state index in [0.717, 1.165) is 12.1 Å². The van der Waals surface area contributed by atoms with E-state index in [1.807, 2.05) is 0 Å². The van der Waals surface area contributed by atoms with Crippen LogP contribution in [-0.4, -0.2) is 20.6 Å². The van der Waals surface area contributed by atoms with Gasteiger partial charge in [-0.15, -0.1) is 0 Å². The van der Waals surface area contributed by atoms with Crippen LogP contribution in [0.4, 0.5) is 11.4 Å². The van der Waals surface area contributed by atoms with Gasteiger partial charge in [0.2, 0.25) is 0 Å². The summed E-state index contributed by atoms with van der Waals surface area (Å²) in [6.45, 7) is 1.72. The highest BCUT2D eigenvalue weighted by molar-refractivity contribution is 6.44. The average Bonchev–Trinajstić information content (AvgIpc) is 2.70. The predicted molar refractivity (Wildman–Crippen MR) is 79.0 cm³/mol. The molecule has 0 aliphatic carbocycles. The van der Waals surface area contributed by atoms with E-state index in [1.165, 1.54) is 4.68 Å². The molecule has 1 amide bonds. The molecule has 1 aromatic carbocycles. The fourth-order valence-corrected chi connectivity index (χ4v) is 2.17. The number of benzene rings is 1. The first kappa shape index (κ1) is 15.3. The molecule has 0 atom stereocenters. The highest BCUT2D eigenvalue weighted by Crippen LogP contribution is 2.31. The van der Waals surface area contributed by atoms with Gasteiger partial charge >= 0.3 is 0 Å². The van der Waals surface area contributed by atoms with E-state index in [0.29, 0.717) is 11.4 Å². The molecule has 110 valence electrons. The molecule has 2 rings (SSSR count). The number of amides is 1. The summed E-state index contributed by atoms with van der Waals surface area (Å²) in [6.07, 6.45) is 1.61. The zero-order valence-electron chi connectivity index (χ0n) is 11.1. The van der Waals surface area contributed by atoms with Gasteiger partial charge in [0.15, 0.2) is 0 Å². The van der Waals surface area contributed by atoms with E-state index in [1.54, 1.807) is 20.2 Å². The smallest absolute Gasteiger partial charge is 0.271 e. The zero-order chi connectivity index (χ0) is 15.7. The number of anilines is 1. The van der Waals surface area contributed by atoms with E-state index in [2.05, 4.69) is 10.4 Å². The summed E-state index contributed by atoms with van der Waals surface area (Å²) in [5.41, 5.74) is 0.719. The monoisotopic (exact) mass is 328 g/mol. The molecule has 0 bridgehead atoms. The van der Waals surface area contributed by atoms with Crippen molar-refractivity contribution in [2.75, 3.05) is 5.32 Å². The zero-order valence-corrected chi connectivity index (χ0v) is 12.6. The maximum atomic E-state index is 12.2. The van der Waals surface area contributed by atoms with Crippen LogP contribution < -0.4 is 5.32 Å². The molecular weight excluding hydrogens is 319 g/mol. The maximum absolute atomic E-state index is 12.2. The van der Waals surface area contributed by atoms with Crippen LogP contribution in [0.3, 0.4) is 0 Å². The number of nitro benzene ring substituents is 1. The number of rotatable bonds is 3. The molecule has 0 aliphatic rings. The second kappa shape index (κ2) is 5.71. The summed E-state index contributed by atoms with van der Waals surface area (Å²) in [5.74, 6) is -0.596. The molecule has 2 aromatic rings. The lowest BCUT2D eigenvalue weighted by Crippen LogP contribution is -2.13. The normalized spacial score (nSPS) is 10.5. The fraction of sp³-hybridized carbons (Fsp3) is 0.167. The lowest BCUT2D eigenvalue weighted by atomic mass is 10.2. The number of carbonyl (C=O) groups is 1. The third kappa shape index (κ3) is 3.14. The molecule has 0 fully saturated rings. The quantitative estimate of drug-likeness (QED) is 0.691. The van der Waals surface area contributed by atoms with Crippen molar-refractivity contribution in [1.29, 1.82) is 0 Å². The SMILES string of the molecule is Cc1nn(C)cc1NC(=O)c1cc([N+](=O)[O-])cc(Cl)c1Cl. The number of halogens is 2. The summed E-state index contributed by atoms with van der Waals surface area (Å²) in [5, 5.41) is 17.4. The van der Waals surface area contributed by atoms with Gasteiger partial charge in [-0.1, -0.05) is 23.2 Å². The first-order valence-corrected chi connectivity index (χ1v) is 6.50. The molecule has 1 heterocycles. The van der Waals surface area contributed by atoms with Crippen LogP contribution >= 0.6 is 23.2 Å². The number of nitrogens with one attached hydrogen (secondary N) is 1. The Morgan fingerprint density at radius 3 is 2.62 bits per heavy atom. The van der Waals surface area contributed by atoms with Crippen LogP contribution in [0.2, 0.25) is 10.0 Å². The van der Waals surface area contributed by atoms with Crippen molar-refractivity contribution in [1.82, 2.24) is 9.78 Å². The van der Waals surface area contributed by atoms with Gasteiger partial charge in [-0.3, -0.25) is 19.6 Å². The van der Waals surface area contributed by atoms with Gasteiger partial charge in [0.25, 0.3) is 11.6 Å². The molecule has 9 heteroatoms. The second-order valence-electron chi connectivity index (χ2n) is 4.30. The standard InChI is InChI=1S/C12H10Cl2N4O3/c1-6-10(5-17(2)16-6)15-12(19)8-3-7(18(20)21)4-9(13)11(8)14/h3-5H,1-2H3,(H,15,19). The van der Waals surface area contributed by atoms with E-state index in [9.17, 15) is 14.9 Å². The summed E-state index contributed by atoms with van der Waals surface area (Å²) in [4.78, 5) is 22.4. The molecule has 0 radical (unpaired) electrons. The van der Waals surface area contributed by atoms with Gasteiger partial charge in [0.1, 0.15) is 0 Å². The minimum absolute atomic E-state index is 0.0405. The van der Waals surface area contributed by atoms with Crippen LogP contribution in [0.5, 0.6) is 0 Å². The first-order chi connectivity index (χ1) is 9.79. The minimum Gasteiger partial charge on any atom is -0.319 e. The molecule has 0 saturated carbocycles. The van der Waals surface area contributed by atoms with Gasteiger partial charge in [0, 0.05) is 25.4 Å². The number of carbonyl (C=O) groups excluding carboxylic acids is 1. The van der Waals surface area contributed by atoms with Gasteiger partial charge in [-0.2, -0.15) is 5.10 Å². The van der Waals surface area contributed by atoms with Crippen molar-refractivity contribution in [3.8, 4) is 0 Å². The number of non-ortho nitro benzene ring substituents is 1. The highest BCUT2D eigenvalue weighted by atomic mass is 35.5. The van der Waals surface area contributed by atoms with Crippen LogP contribution in [0, 0.1) is 17.0 Å². The van der Waals surface area contributed by atoms with Gasteiger partial charge in [0.05, 0.1) is 31.9 Å². The molecule has 1 aromatic heterocycles. The second-order valence-corrected chi connectivity index (χ2v) is 5.09. The number of hydrogen-bond donors (Lipinski definition) is 1.